The number of rotatable bonds is 1. The summed E-state index contributed by atoms with van der Waals surface area (Å²) in [5, 5.41) is 10.0. The van der Waals surface area contributed by atoms with E-state index in [0.29, 0.717) is 18.1 Å². The first-order valence-electron chi connectivity index (χ1n) is 5.63. The molecule has 1 aliphatic rings. The van der Waals surface area contributed by atoms with Crippen LogP contribution in [0.5, 0.6) is 11.5 Å². The molecule has 0 radical (unpaired) electrons. The third-order valence-corrected chi connectivity index (χ3v) is 2.94. The second-order valence-corrected chi connectivity index (χ2v) is 4.35. The molecule has 0 saturated carbocycles. The van der Waals surface area contributed by atoms with Crippen LogP contribution in [0.15, 0.2) is 16.5 Å². The molecule has 2 heterocycles. The molecule has 1 aromatic carbocycles. The van der Waals surface area contributed by atoms with Crippen LogP contribution in [0.25, 0.3) is 11.0 Å². The molecule has 1 aliphatic heterocycles. The van der Waals surface area contributed by atoms with Gasteiger partial charge in [0, 0.05) is 0 Å². The lowest BCUT2D eigenvalue weighted by molar-refractivity contribution is 0.0467. The predicted octanol–water partition coefficient (Wildman–Crippen LogP) is 2.18. The molecule has 0 amide bonds. The van der Waals surface area contributed by atoms with Crippen molar-refractivity contribution in [2.75, 3.05) is 13.2 Å². The Hall–Kier alpha value is -1.68. The summed E-state index contributed by atoms with van der Waals surface area (Å²) in [6.45, 7) is 4.20. The van der Waals surface area contributed by atoms with Crippen molar-refractivity contribution in [3.05, 3.63) is 23.5 Å². The maximum Gasteiger partial charge on any atom is 0.172 e. The Kier molecular flexibility index (Phi) is 2.26. The third-order valence-electron chi connectivity index (χ3n) is 2.94. The van der Waals surface area contributed by atoms with Crippen molar-refractivity contribution in [1.29, 1.82) is 0 Å². The molecule has 4 heteroatoms. The largest absolute Gasteiger partial charge is 0.485 e. The van der Waals surface area contributed by atoms with E-state index in [1.165, 1.54) is 0 Å². The zero-order valence-corrected chi connectivity index (χ0v) is 9.82. The van der Waals surface area contributed by atoms with Crippen LogP contribution in [0.4, 0.5) is 0 Å². The number of hydrogen-bond donors (Lipinski definition) is 1. The van der Waals surface area contributed by atoms with Crippen LogP contribution >= 0.6 is 0 Å². The van der Waals surface area contributed by atoms with Gasteiger partial charge in [0.25, 0.3) is 0 Å². The van der Waals surface area contributed by atoms with Gasteiger partial charge in [0.2, 0.25) is 0 Å². The van der Waals surface area contributed by atoms with E-state index < -0.39 is 0 Å². The van der Waals surface area contributed by atoms with Crippen molar-refractivity contribution in [2.24, 2.45) is 0 Å². The smallest absolute Gasteiger partial charge is 0.172 e. The standard InChI is InChI=1S/C13H14O4/c1-7-3-11-13(15-6-9(5-14)17-11)10-4-8(2)16-12(7)10/h3-4,9,14H,5-6H2,1-2H3/t9-/m0/s1. The first-order valence-corrected chi connectivity index (χ1v) is 5.63. The molecule has 0 fully saturated rings. The minimum absolute atomic E-state index is 0.0407. The molecule has 1 atom stereocenters. The molecule has 2 aromatic rings. The van der Waals surface area contributed by atoms with Crippen LogP contribution in [0.3, 0.4) is 0 Å². The monoisotopic (exact) mass is 234 g/mol. The van der Waals surface area contributed by atoms with Gasteiger partial charge in [0.1, 0.15) is 18.0 Å². The Bertz CT molecular complexity index is 570. The van der Waals surface area contributed by atoms with Gasteiger partial charge in [-0.25, -0.2) is 0 Å². The van der Waals surface area contributed by atoms with Crippen LogP contribution in [-0.2, 0) is 0 Å². The second-order valence-electron chi connectivity index (χ2n) is 4.35. The highest BCUT2D eigenvalue weighted by atomic mass is 16.6. The van der Waals surface area contributed by atoms with Crippen LogP contribution in [0.2, 0.25) is 0 Å². The molecule has 1 aromatic heterocycles. The molecule has 0 saturated heterocycles. The Labute approximate surface area is 98.7 Å². The Morgan fingerprint density at radius 1 is 1.35 bits per heavy atom. The molecular formula is C13H14O4. The Morgan fingerprint density at radius 3 is 2.94 bits per heavy atom. The SMILES string of the molecule is Cc1cc2c3c(cc(C)c2o1)O[C@@H](CO)CO3. The Morgan fingerprint density at radius 2 is 2.18 bits per heavy atom. The fourth-order valence-electron chi connectivity index (χ4n) is 2.15. The molecule has 0 unspecified atom stereocenters. The topological polar surface area (TPSA) is 51.8 Å². The molecule has 0 bridgehead atoms. The van der Waals surface area contributed by atoms with Crippen LogP contribution in [-0.4, -0.2) is 24.4 Å². The predicted molar refractivity (Wildman–Crippen MR) is 62.7 cm³/mol. The van der Waals surface area contributed by atoms with E-state index in [0.717, 1.165) is 22.3 Å². The zero-order valence-electron chi connectivity index (χ0n) is 9.82. The summed E-state index contributed by atoms with van der Waals surface area (Å²) in [5.41, 5.74) is 1.85. The summed E-state index contributed by atoms with van der Waals surface area (Å²) >= 11 is 0. The molecule has 0 aliphatic carbocycles. The first-order chi connectivity index (χ1) is 8.19. The molecule has 90 valence electrons. The lowest BCUT2D eigenvalue weighted by atomic mass is 10.1. The summed E-state index contributed by atoms with van der Waals surface area (Å²) in [6, 6.07) is 3.84. The maximum atomic E-state index is 9.08. The van der Waals surface area contributed by atoms with Crippen molar-refractivity contribution in [3.8, 4) is 11.5 Å². The van der Waals surface area contributed by atoms with Crippen molar-refractivity contribution in [3.63, 3.8) is 0 Å². The van der Waals surface area contributed by atoms with Crippen LogP contribution < -0.4 is 9.47 Å². The number of fused-ring (bicyclic) bond motifs is 3. The van der Waals surface area contributed by atoms with Gasteiger partial charge in [-0.3, -0.25) is 0 Å². The third kappa shape index (κ3) is 1.56. The van der Waals surface area contributed by atoms with Crippen molar-refractivity contribution < 1.29 is 19.0 Å². The van der Waals surface area contributed by atoms with E-state index >= 15 is 0 Å². The molecule has 17 heavy (non-hydrogen) atoms. The lowest BCUT2D eigenvalue weighted by Gasteiger charge is -2.25. The molecule has 4 nitrogen and oxygen atoms in total. The number of benzene rings is 1. The molecule has 0 spiro atoms. The van der Waals surface area contributed by atoms with E-state index in [1.807, 2.05) is 26.0 Å². The Balaban J connectivity index is 2.20. The summed E-state index contributed by atoms with van der Waals surface area (Å²) in [6.07, 6.45) is -0.285. The number of ether oxygens (including phenoxy) is 2. The van der Waals surface area contributed by atoms with Gasteiger partial charge in [-0.15, -0.1) is 0 Å². The first kappa shape index (κ1) is 10.5. The van der Waals surface area contributed by atoms with Crippen molar-refractivity contribution >= 4 is 11.0 Å². The highest BCUT2D eigenvalue weighted by molar-refractivity contribution is 5.90. The number of hydrogen-bond acceptors (Lipinski definition) is 4. The van der Waals surface area contributed by atoms with Crippen LogP contribution in [0.1, 0.15) is 11.3 Å². The number of furan rings is 1. The lowest BCUT2D eigenvalue weighted by Crippen LogP contribution is -2.32. The van der Waals surface area contributed by atoms with Gasteiger partial charge in [-0.2, -0.15) is 0 Å². The zero-order chi connectivity index (χ0) is 12.0. The highest BCUT2D eigenvalue weighted by Gasteiger charge is 2.24. The van der Waals surface area contributed by atoms with E-state index in [1.54, 1.807) is 0 Å². The normalized spacial score (nSPS) is 18.6. The molecule has 3 rings (SSSR count). The summed E-state index contributed by atoms with van der Waals surface area (Å²) in [7, 11) is 0. The molecular weight excluding hydrogens is 220 g/mol. The highest BCUT2D eigenvalue weighted by Crippen LogP contribution is 2.41. The average molecular weight is 234 g/mol. The van der Waals surface area contributed by atoms with E-state index in [9.17, 15) is 0 Å². The van der Waals surface area contributed by atoms with Crippen molar-refractivity contribution in [1.82, 2.24) is 0 Å². The van der Waals surface area contributed by atoms with E-state index in [-0.39, 0.29) is 12.7 Å². The minimum Gasteiger partial charge on any atom is -0.485 e. The maximum absolute atomic E-state index is 9.08. The number of aliphatic hydroxyl groups is 1. The second kappa shape index (κ2) is 3.67. The number of aryl methyl sites for hydroxylation is 2. The van der Waals surface area contributed by atoms with E-state index in [4.69, 9.17) is 19.0 Å². The van der Waals surface area contributed by atoms with Gasteiger partial charge in [-0.05, 0) is 31.5 Å². The fraction of sp³-hybridized carbons (Fsp3) is 0.385. The summed E-state index contributed by atoms with van der Waals surface area (Å²) in [5.74, 6) is 2.25. The van der Waals surface area contributed by atoms with Gasteiger partial charge >= 0.3 is 0 Å². The molecule has 1 N–H and O–H groups in total. The number of aliphatic hydroxyl groups excluding tert-OH is 1. The van der Waals surface area contributed by atoms with Crippen LogP contribution in [0, 0.1) is 13.8 Å². The van der Waals surface area contributed by atoms with Gasteiger partial charge in [0.15, 0.2) is 17.6 Å². The quantitative estimate of drug-likeness (QED) is 0.821. The van der Waals surface area contributed by atoms with Gasteiger partial charge < -0.3 is 19.0 Å². The van der Waals surface area contributed by atoms with Crippen molar-refractivity contribution in [2.45, 2.75) is 20.0 Å². The van der Waals surface area contributed by atoms with Gasteiger partial charge in [-0.1, -0.05) is 0 Å². The summed E-state index contributed by atoms with van der Waals surface area (Å²) < 4.78 is 17.0. The average Bonchev–Trinajstić information content (AvgIpc) is 2.71. The van der Waals surface area contributed by atoms with E-state index in [2.05, 4.69) is 0 Å². The fourth-order valence-corrected chi connectivity index (χ4v) is 2.15. The minimum atomic E-state index is -0.285. The van der Waals surface area contributed by atoms with Gasteiger partial charge in [0.05, 0.1) is 12.0 Å². The summed E-state index contributed by atoms with van der Waals surface area (Å²) in [4.78, 5) is 0.